The molecule has 0 bridgehead atoms. The van der Waals surface area contributed by atoms with Crippen LogP contribution >= 0.6 is 0 Å². The first-order chi connectivity index (χ1) is 8.27. The molecule has 0 aliphatic heterocycles. The predicted octanol–water partition coefficient (Wildman–Crippen LogP) is 2.54. The van der Waals surface area contributed by atoms with Crippen LogP contribution in [0.1, 0.15) is 55.7 Å². The summed E-state index contributed by atoms with van der Waals surface area (Å²) < 4.78 is 0. The van der Waals surface area contributed by atoms with E-state index in [1.165, 1.54) is 25.7 Å². The first-order valence-corrected chi connectivity index (χ1v) is 6.28. The van der Waals surface area contributed by atoms with Gasteiger partial charge in [-0.2, -0.15) is 0 Å². The van der Waals surface area contributed by atoms with Gasteiger partial charge in [0.2, 0.25) is 0 Å². The minimum atomic E-state index is -0.732. The number of hydrogen-bond donors (Lipinski definition) is 1. The molecule has 0 radical (unpaired) electrons. The Bertz CT molecular complexity index is 387. The van der Waals surface area contributed by atoms with Crippen LogP contribution in [0.25, 0.3) is 0 Å². The van der Waals surface area contributed by atoms with Crippen molar-refractivity contribution in [2.75, 3.05) is 0 Å². The fraction of sp³-hybridized carbons (Fsp3) is 0.615. The highest BCUT2D eigenvalue weighted by Gasteiger charge is 2.21. The van der Waals surface area contributed by atoms with Crippen LogP contribution in [0.5, 0.6) is 0 Å². The Morgan fingerprint density at radius 2 is 2.18 bits per heavy atom. The summed E-state index contributed by atoms with van der Waals surface area (Å²) in [4.78, 5) is 19.0. The standard InChI is InChI=1S/C13H18N2O2/c16-12(17)7-3-6-11-8-14-9-15-13(11)10-4-1-2-5-10/h8-10H,1-7H2,(H,16,17). The topological polar surface area (TPSA) is 63.1 Å². The summed E-state index contributed by atoms with van der Waals surface area (Å²) in [6.07, 6.45) is 10.1. The number of aromatic nitrogens is 2. The van der Waals surface area contributed by atoms with E-state index >= 15 is 0 Å². The normalized spacial score (nSPS) is 16.2. The van der Waals surface area contributed by atoms with Crippen LogP contribution in [0.4, 0.5) is 0 Å². The van der Waals surface area contributed by atoms with E-state index in [0.717, 1.165) is 17.7 Å². The van der Waals surface area contributed by atoms with Crippen molar-refractivity contribution < 1.29 is 9.90 Å². The van der Waals surface area contributed by atoms with E-state index in [9.17, 15) is 4.79 Å². The molecule has 1 aliphatic carbocycles. The van der Waals surface area contributed by atoms with Gasteiger partial charge in [-0.1, -0.05) is 12.8 Å². The monoisotopic (exact) mass is 234 g/mol. The molecule has 4 nitrogen and oxygen atoms in total. The van der Waals surface area contributed by atoms with E-state index in [1.54, 1.807) is 6.33 Å². The number of rotatable bonds is 5. The molecule has 0 unspecified atom stereocenters. The van der Waals surface area contributed by atoms with Gasteiger partial charge in [-0.3, -0.25) is 4.79 Å². The van der Waals surface area contributed by atoms with Gasteiger partial charge < -0.3 is 5.11 Å². The van der Waals surface area contributed by atoms with Crippen molar-refractivity contribution in [2.24, 2.45) is 0 Å². The van der Waals surface area contributed by atoms with Gasteiger partial charge in [-0.05, 0) is 31.2 Å². The molecule has 1 heterocycles. The van der Waals surface area contributed by atoms with Gasteiger partial charge in [0.05, 0.1) is 5.69 Å². The molecule has 0 aromatic carbocycles. The van der Waals surface area contributed by atoms with E-state index < -0.39 is 5.97 Å². The summed E-state index contributed by atoms with van der Waals surface area (Å²) in [6, 6.07) is 0. The summed E-state index contributed by atoms with van der Waals surface area (Å²) in [6.45, 7) is 0. The maximum atomic E-state index is 10.5. The zero-order chi connectivity index (χ0) is 12.1. The lowest BCUT2D eigenvalue weighted by Crippen LogP contribution is -2.04. The molecule has 0 amide bonds. The van der Waals surface area contributed by atoms with Gasteiger partial charge in [-0.25, -0.2) is 9.97 Å². The second kappa shape index (κ2) is 5.75. The van der Waals surface area contributed by atoms with Crippen molar-refractivity contribution in [1.29, 1.82) is 0 Å². The predicted molar refractivity (Wildman–Crippen MR) is 63.8 cm³/mol. The number of carbonyl (C=O) groups is 1. The number of aliphatic carboxylic acids is 1. The molecular formula is C13H18N2O2. The Hall–Kier alpha value is -1.45. The largest absolute Gasteiger partial charge is 0.481 e. The van der Waals surface area contributed by atoms with Crippen molar-refractivity contribution >= 4 is 5.97 Å². The van der Waals surface area contributed by atoms with Crippen LogP contribution in [0, 0.1) is 0 Å². The molecule has 1 aliphatic rings. The lowest BCUT2D eigenvalue weighted by Gasteiger charge is -2.12. The average Bonchev–Trinajstić information content (AvgIpc) is 2.82. The van der Waals surface area contributed by atoms with E-state index in [2.05, 4.69) is 9.97 Å². The van der Waals surface area contributed by atoms with Gasteiger partial charge in [0.25, 0.3) is 0 Å². The maximum absolute atomic E-state index is 10.5. The highest BCUT2D eigenvalue weighted by atomic mass is 16.4. The molecule has 2 rings (SSSR count). The smallest absolute Gasteiger partial charge is 0.303 e. The summed E-state index contributed by atoms with van der Waals surface area (Å²) in [5, 5.41) is 8.64. The molecule has 0 atom stereocenters. The van der Waals surface area contributed by atoms with Gasteiger partial charge >= 0.3 is 5.97 Å². The molecule has 17 heavy (non-hydrogen) atoms. The quantitative estimate of drug-likeness (QED) is 0.850. The molecule has 0 saturated heterocycles. The highest BCUT2D eigenvalue weighted by Crippen LogP contribution is 2.34. The molecule has 4 heteroatoms. The molecule has 1 N–H and O–H groups in total. The molecule has 1 saturated carbocycles. The maximum Gasteiger partial charge on any atom is 0.303 e. The van der Waals surface area contributed by atoms with Gasteiger partial charge in [0.1, 0.15) is 6.33 Å². The third-order valence-electron chi connectivity index (χ3n) is 3.40. The second-order valence-corrected chi connectivity index (χ2v) is 4.66. The van der Waals surface area contributed by atoms with Gasteiger partial charge in [0.15, 0.2) is 0 Å². The number of hydrogen-bond acceptors (Lipinski definition) is 3. The van der Waals surface area contributed by atoms with Gasteiger partial charge in [0, 0.05) is 18.5 Å². The fourth-order valence-corrected chi connectivity index (χ4v) is 2.56. The van der Waals surface area contributed by atoms with E-state index in [1.807, 2.05) is 6.20 Å². The highest BCUT2D eigenvalue weighted by molar-refractivity contribution is 5.66. The summed E-state index contributed by atoms with van der Waals surface area (Å²) >= 11 is 0. The number of carboxylic acids is 1. The number of carboxylic acid groups (broad SMARTS) is 1. The van der Waals surface area contributed by atoms with E-state index in [4.69, 9.17) is 5.11 Å². The first-order valence-electron chi connectivity index (χ1n) is 6.28. The zero-order valence-electron chi connectivity index (χ0n) is 9.93. The van der Waals surface area contributed by atoms with Crippen LogP contribution in [-0.2, 0) is 11.2 Å². The first kappa shape index (κ1) is 12.0. The molecule has 0 spiro atoms. The third-order valence-corrected chi connectivity index (χ3v) is 3.40. The molecule has 1 aromatic rings. The van der Waals surface area contributed by atoms with E-state index in [0.29, 0.717) is 12.3 Å². The molecule has 1 fully saturated rings. The SMILES string of the molecule is O=C(O)CCCc1cncnc1C1CCCC1. The van der Waals surface area contributed by atoms with Crippen LogP contribution in [0.15, 0.2) is 12.5 Å². The lowest BCUT2D eigenvalue weighted by molar-refractivity contribution is -0.137. The lowest BCUT2D eigenvalue weighted by atomic mass is 9.97. The van der Waals surface area contributed by atoms with Crippen LogP contribution in [0.2, 0.25) is 0 Å². The van der Waals surface area contributed by atoms with E-state index in [-0.39, 0.29) is 6.42 Å². The molecule has 92 valence electrons. The van der Waals surface area contributed by atoms with Crippen LogP contribution < -0.4 is 0 Å². The van der Waals surface area contributed by atoms with Crippen LogP contribution in [-0.4, -0.2) is 21.0 Å². The third kappa shape index (κ3) is 3.25. The van der Waals surface area contributed by atoms with Crippen molar-refractivity contribution in [3.05, 3.63) is 23.8 Å². The summed E-state index contributed by atoms with van der Waals surface area (Å²) in [5.41, 5.74) is 2.29. The molecular weight excluding hydrogens is 216 g/mol. The Morgan fingerprint density at radius 1 is 1.41 bits per heavy atom. The van der Waals surface area contributed by atoms with Crippen molar-refractivity contribution in [2.45, 2.75) is 50.9 Å². The number of aryl methyl sites for hydroxylation is 1. The minimum absolute atomic E-state index is 0.221. The van der Waals surface area contributed by atoms with Crippen molar-refractivity contribution in [1.82, 2.24) is 9.97 Å². The second-order valence-electron chi connectivity index (χ2n) is 4.66. The van der Waals surface area contributed by atoms with Crippen molar-refractivity contribution in [3.63, 3.8) is 0 Å². The minimum Gasteiger partial charge on any atom is -0.481 e. The molecule has 1 aromatic heterocycles. The Labute approximate surface area is 101 Å². The zero-order valence-corrected chi connectivity index (χ0v) is 9.93. The summed E-state index contributed by atoms with van der Waals surface area (Å²) in [5.74, 6) is -0.165. The fourth-order valence-electron chi connectivity index (χ4n) is 2.56. The van der Waals surface area contributed by atoms with Crippen LogP contribution in [0.3, 0.4) is 0 Å². The Kier molecular flexibility index (Phi) is 4.07. The Balaban J connectivity index is 2.02. The Morgan fingerprint density at radius 3 is 2.88 bits per heavy atom. The van der Waals surface area contributed by atoms with Gasteiger partial charge in [-0.15, -0.1) is 0 Å². The summed E-state index contributed by atoms with van der Waals surface area (Å²) in [7, 11) is 0. The number of nitrogens with zero attached hydrogens (tertiary/aromatic N) is 2. The van der Waals surface area contributed by atoms with Crippen molar-refractivity contribution in [3.8, 4) is 0 Å². The average molecular weight is 234 g/mol.